The summed E-state index contributed by atoms with van der Waals surface area (Å²) in [5, 5.41) is 3.12. The molecule has 2 aliphatic heterocycles. The fraction of sp³-hybridized carbons (Fsp3) is 0.450. The van der Waals surface area contributed by atoms with E-state index in [0.717, 1.165) is 31.5 Å². The molecule has 130 valence electrons. The molecule has 0 bridgehead atoms. The number of hydrogen-bond donors (Lipinski definition) is 1. The Bertz CT molecular complexity index is 706. The zero-order chi connectivity index (χ0) is 17.1. The minimum absolute atomic E-state index is 0.0922. The van der Waals surface area contributed by atoms with Crippen LogP contribution in [0.5, 0.6) is 0 Å². The van der Waals surface area contributed by atoms with Crippen molar-refractivity contribution >= 4 is 5.91 Å². The van der Waals surface area contributed by atoms with Crippen molar-refractivity contribution in [3.8, 4) is 0 Å². The van der Waals surface area contributed by atoms with Gasteiger partial charge in [0, 0.05) is 43.6 Å². The van der Waals surface area contributed by atoms with Gasteiger partial charge in [-0.05, 0) is 31.4 Å². The molecule has 1 aromatic carbocycles. The van der Waals surface area contributed by atoms with Gasteiger partial charge in [-0.25, -0.2) is 0 Å². The predicted octanol–water partition coefficient (Wildman–Crippen LogP) is 2.36. The van der Waals surface area contributed by atoms with Gasteiger partial charge in [-0.3, -0.25) is 19.7 Å². The predicted molar refractivity (Wildman–Crippen MR) is 95.8 cm³/mol. The summed E-state index contributed by atoms with van der Waals surface area (Å²) in [7, 11) is 0. The lowest BCUT2D eigenvalue weighted by atomic mass is 9.93. The van der Waals surface area contributed by atoms with E-state index in [9.17, 15) is 4.79 Å². The summed E-state index contributed by atoms with van der Waals surface area (Å²) in [5.74, 6) is 0.286. The van der Waals surface area contributed by atoms with Gasteiger partial charge in [-0.2, -0.15) is 0 Å². The molecule has 1 aromatic heterocycles. The maximum atomic E-state index is 12.8. The highest BCUT2D eigenvalue weighted by molar-refractivity contribution is 5.80. The van der Waals surface area contributed by atoms with Gasteiger partial charge in [0.15, 0.2) is 0 Å². The molecule has 0 radical (unpaired) electrons. The van der Waals surface area contributed by atoms with Crippen LogP contribution in [0.15, 0.2) is 48.9 Å². The Balaban J connectivity index is 1.39. The lowest BCUT2D eigenvalue weighted by molar-refractivity contribution is -0.125. The zero-order valence-corrected chi connectivity index (χ0v) is 14.3. The average molecular weight is 336 g/mol. The number of benzene rings is 1. The van der Waals surface area contributed by atoms with E-state index in [1.807, 2.05) is 0 Å². The highest BCUT2D eigenvalue weighted by Crippen LogP contribution is 2.44. The molecular formula is C20H24N4O. The van der Waals surface area contributed by atoms with Crippen molar-refractivity contribution in [3.05, 3.63) is 60.2 Å². The van der Waals surface area contributed by atoms with Gasteiger partial charge in [-0.1, -0.05) is 30.3 Å². The van der Waals surface area contributed by atoms with Gasteiger partial charge >= 0.3 is 0 Å². The summed E-state index contributed by atoms with van der Waals surface area (Å²) < 4.78 is 0. The van der Waals surface area contributed by atoms with Crippen molar-refractivity contribution in [1.82, 2.24) is 20.2 Å². The Morgan fingerprint density at radius 3 is 2.92 bits per heavy atom. The van der Waals surface area contributed by atoms with Crippen molar-refractivity contribution in [1.29, 1.82) is 0 Å². The molecule has 5 heteroatoms. The van der Waals surface area contributed by atoms with E-state index in [1.165, 1.54) is 12.0 Å². The number of hydrogen-bond acceptors (Lipinski definition) is 4. The first kappa shape index (κ1) is 16.2. The lowest BCUT2D eigenvalue weighted by Crippen LogP contribution is -2.38. The second-order valence-corrected chi connectivity index (χ2v) is 6.95. The first-order valence-corrected chi connectivity index (χ1v) is 9.16. The van der Waals surface area contributed by atoms with Gasteiger partial charge in [0.25, 0.3) is 0 Å². The number of carbonyl (C=O) groups is 1. The minimum Gasteiger partial charge on any atom is -0.355 e. The third-order valence-electron chi connectivity index (χ3n) is 5.50. The smallest absolute Gasteiger partial charge is 0.224 e. The Kier molecular flexibility index (Phi) is 4.74. The Morgan fingerprint density at radius 1 is 1.24 bits per heavy atom. The topological polar surface area (TPSA) is 58.1 Å². The van der Waals surface area contributed by atoms with Crippen LogP contribution in [0, 0.1) is 5.92 Å². The van der Waals surface area contributed by atoms with Crippen LogP contribution < -0.4 is 5.32 Å². The number of amides is 1. The molecule has 0 spiro atoms. The zero-order valence-electron chi connectivity index (χ0n) is 14.3. The average Bonchev–Trinajstić information content (AvgIpc) is 3.26. The molecule has 3 atom stereocenters. The Morgan fingerprint density at radius 2 is 2.12 bits per heavy atom. The molecule has 0 unspecified atom stereocenters. The second kappa shape index (κ2) is 7.31. The number of nitrogens with zero attached hydrogens (tertiary/aromatic N) is 3. The SMILES string of the molecule is O=C(NCCc1cnccn1)[C@@H]1C[C@H](c2ccccc2)N2CCC[C@@H]12. The molecular weight excluding hydrogens is 312 g/mol. The van der Waals surface area contributed by atoms with Crippen LogP contribution in [0.3, 0.4) is 0 Å². The summed E-state index contributed by atoms with van der Waals surface area (Å²) in [4.78, 5) is 23.6. The van der Waals surface area contributed by atoms with E-state index < -0.39 is 0 Å². The van der Waals surface area contributed by atoms with Crippen molar-refractivity contribution in [3.63, 3.8) is 0 Å². The number of aromatic nitrogens is 2. The quantitative estimate of drug-likeness (QED) is 0.911. The van der Waals surface area contributed by atoms with E-state index in [-0.39, 0.29) is 11.8 Å². The highest BCUT2D eigenvalue weighted by atomic mass is 16.2. The van der Waals surface area contributed by atoms with Gasteiger partial charge in [0.1, 0.15) is 0 Å². The Hall–Kier alpha value is -2.27. The van der Waals surface area contributed by atoms with Gasteiger partial charge in [0.2, 0.25) is 5.91 Å². The molecule has 2 fully saturated rings. The van der Waals surface area contributed by atoms with Crippen LogP contribution in [-0.4, -0.2) is 39.9 Å². The molecule has 1 amide bonds. The van der Waals surface area contributed by atoms with Gasteiger partial charge in [-0.15, -0.1) is 0 Å². The molecule has 4 rings (SSSR count). The fourth-order valence-corrected chi connectivity index (χ4v) is 4.36. The van der Waals surface area contributed by atoms with Crippen LogP contribution >= 0.6 is 0 Å². The molecule has 2 aliphatic rings. The first-order valence-electron chi connectivity index (χ1n) is 9.16. The third kappa shape index (κ3) is 3.42. The highest BCUT2D eigenvalue weighted by Gasteiger charge is 2.46. The first-order chi connectivity index (χ1) is 12.3. The van der Waals surface area contributed by atoms with Crippen molar-refractivity contribution in [2.24, 2.45) is 5.92 Å². The number of fused-ring (bicyclic) bond motifs is 1. The van der Waals surface area contributed by atoms with Crippen LogP contribution in [-0.2, 0) is 11.2 Å². The summed E-state index contributed by atoms with van der Waals surface area (Å²) in [5.41, 5.74) is 2.25. The molecule has 5 nitrogen and oxygen atoms in total. The van der Waals surface area contributed by atoms with Crippen LogP contribution in [0.25, 0.3) is 0 Å². The van der Waals surface area contributed by atoms with Gasteiger partial charge < -0.3 is 5.32 Å². The molecule has 2 saturated heterocycles. The molecule has 25 heavy (non-hydrogen) atoms. The molecule has 3 heterocycles. The minimum atomic E-state index is 0.0922. The maximum absolute atomic E-state index is 12.8. The normalized spacial score (nSPS) is 25.7. The Labute approximate surface area is 148 Å². The largest absolute Gasteiger partial charge is 0.355 e. The van der Waals surface area contributed by atoms with E-state index in [4.69, 9.17) is 0 Å². The third-order valence-corrected chi connectivity index (χ3v) is 5.50. The van der Waals surface area contributed by atoms with Crippen LogP contribution in [0.2, 0.25) is 0 Å². The molecule has 2 aromatic rings. The van der Waals surface area contributed by atoms with E-state index in [1.54, 1.807) is 18.6 Å². The summed E-state index contributed by atoms with van der Waals surface area (Å²) >= 11 is 0. The number of rotatable bonds is 5. The van der Waals surface area contributed by atoms with E-state index in [0.29, 0.717) is 18.6 Å². The van der Waals surface area contributed by atoms with Crippen molar-refractivity contribution in [2.75, 3.05) is 13.1 Å². The van der Waals surface area contributed by atoms with Crippen molar-refractivity contribution < 1.29 is 4.79 Å². The summed E-state index contributed by atoms with van der Waals surface area (Å²) in [6.45, 7) is 1.73. The van der Waals surface area contributed by atoms with Crippen LogP contribution in [0.4, 0.5) is 0 Å². The van der Waals surface area contributed by atoms with E-state index >= 15 is 0 Å². The van der Waals surface area contributed by atoms with Crippen LogP contribution in [0.1, 0.15) is 36.6 Å². The van der Waals surface area contributed by atoms with Crippen molar-refractivity contribution in [2.45, 2.75) is 37.8 Å². The molecule has 0 saturated carbocycles. The lowest BCUT2D eigenvalue weighted by Gasteiger charge is -2.24. The van der Waals surface area contributed by atoms with E-state index in [2.05, 4.69) is 50.5 Å². The standard InChI is InChI=1S/C20H24N4O/c25-20(23-9-8-16-14-21-10-11-22-16)17-13-19(15-5-2-1-3-6-15)24-12-4-7-18(17)24/h1-3,5-6,10-11,14,17-19H,4,7-9,12-13H2,(H,23,25)/t17-,18+,19-/m1/s1. The summed E-state index contributed by atoms with van der Waals surface area (Å²) in [6, 6.07) is 11.4. The van der Waals surface area contributed by atoms with Gasteiger partial charge in [0.05, 0.1) is 11.6 Å². The second-order valence-electron chi connectivity index (χ2n) is 6.95. The fourth-order valence-electron chi connectivity index (χ4n) is 4.36. The monoisotopic (exact) mass is 336 g/mol. The molecule has 1 N–H and O–H groups in total. The number of nitrogens with one attached hydrogen (secondary N) is 1. The summed E-state index contributed by atoms with van der Waals surface area (Å²) in [6.07, 6.45) is 9.08. The molecule has 0 aliphatic carbocycles. The maximum Gasteiger partial charge on any atom is 0.224 e. The number of carbonyl (C=O) groups excluding carboxylic acids is 1.